The lowest BCUT2D eigenvalue weighted by Gasteiger charge is -2.17. The van der Waals surface area contributed by atoms with Crippen LogP contribution in [0.5, 0.6) is 0 Å². The van der Waals surface area contributed by atoms with Crippen molar-refractivity contribution in [2.45, 2.75) is 65.7 Å². The number of carbonyl (C=O) groups excluding carboxylic acids is 1. The fraction of sp³-hybridized carbons (Fsp3) is 0.900. The molecule has 0 heterocycles. The highest BCUT2D eigenvalue weighted by molar-refractivity contribution is 14.0. The van der Waals surface area contributed by atoms with Gasteiger partial charge in [0.05, 0.1) is 0 Å². The molecule has 0 radical (unpaired) electrons. The number of aliphatic imine (C=N–C) groups is 1. The van der Waals surface area contributed by atoms with Gasteiger partial charge < -0.3 is 21.1 Å². The van der Waals surface area contributed by atoms with Crippen molar-refractivity contribution in [1.82, 2.24) is 16.0 Å². The van der Waals surface area contributed by atoms with E-state index in [9.17, 15) is 9.90 Å². The van der Waals surface area contributed by atoms with Crippen LogP contribution < -0.4 is 16.0 Å². The topological polar surface area (TPSA) is 85.8 Å². The number of nitrogens with zero attached hydrogens (tertiary/aromatic N) is 1. The van der Waals surface area contributed by atoms with Crippen LogP contribution in [-0.4, -0.2) is 49.8 Å². The molecule has 1 aliphatic carbocycles. The van der Waals surface area contributed by atoms with Gasteiger partial charge in [-0.05, 0) is 50.4 Å². The first-order valence-corrected chi connectivity index (χ1v) is 10.4. The van der Waals surface area contributed by atoms with Gasteiger partial charge in [0.2, 0.25) is 5.91 Å². The highest BCUT2D eigenvalue weighted by atomic mass is 127. The smallest absolute Gasteiger partial charge is 0.220 e. The number of halogens is 1. The van der Waals surface area contributed by atoms with E-state index < -0.39 is 0 Å². The van der Waals surface area contributed by atoms with E-state index in [1.54, 1.807) is 0 Å². The summed E-state index contributed by atoms with van der Waals surface area (Å²) in [5.41, 5.74) is 0. The van der Waals surface area contributed by atoms with Crippen molar-refractivity contribution in [2.75, 3.05) is 32.8 Å². The van der Waals surface area contributed by atoms with Crippen molar-refractivity contribution in [2.24, 2.45) is 22.7 Å². The van der Waals surface area contributed by atoms with Gasteiger partial charge >= 0.3 is 0 Å². The van der Waals surface area contributed by atoms with Gasteiger partial charge in [0.1, 0.15) is 0 Å². The summed E-state index contributed by atoms with van der Waals surface area (Å²) in [5, 5.41) is 18.8. The first kappa shape index (κ1) is 26.4. The molecule has 1 atom stereocenters. The lowest BCUT2D eigenvalue weighted by atomic mass is 9.94. The molecule has 1 aliphatic rings. The fourth-order valence-electron chi connectivity index (χ4n) is 3.63. The van der Waals surface area contributed by atoms with Crippen LogP contribution in [0.3, 0.4) is 0 Å². The van der Waals surface area contributed by atoms with Gasteiger partial charge in [-0.3, -0.25) is 9.79 Å². The molecule has 6 nitrogen and oxygen atoms in total. The number of carbonyl (C=O) groups is 1. The summed E-state index contributed by atoms with van der Waals surface area (Å²) in [6.45, 7) is 9.44. The Balaban J connectivity index is 0.00000676. The van der Waals surface area contributed by atoms with E-state index in [2.05, 4.69) is 34.8 Å². The summed E-state index contributed by atoms with van der Waals surface area (Å²) in [4.78, 5) is 16.6. The van der Waals surface area contributed by atoms with Crippen molar-refractivity contribution < 1.29 is 9.90 Å². The van der Waals surface area contributed by atoms with Crippen molar-refractivity contribution >= 4 is 35.8 Å². The monoisotopic (exact) mass is 496 g/mol. The maximum absolute atomic E-state index is 12.0. The number of aliphatic hydroxyl groups is 1. The molecule has 0 aliphatic heterocycles. The second kappa shape index (κ2) is 16.4. The van der Waals surface area contributed by atoms with Crippen molar-refractivity contribution in [1.29, 1.82) is 0 Å². The molecule has 0 bridgehead atoms. The number of nitrogens with one attached hydrogen (secondary N) is 3. The summed E-state index contributed by atoms with van der Waals surface area (Å²) >= 11 is 0. The maximum Gasteiger partial charge on any atom is 0.220 e. The second-order valence-electron chi connectivity index (χ2n) is 7.86. The third-order valence-electron chi connectivity index (χ3n) is 4.88. The number of rotatable bonds is 12. The van der Waals surface area contributed by atoms with E-state index in [0.29, 0.717) is 43.8 Å². The maximum atomic E-state index is 12.0. The van der Waals surface area contributed by atoms with Crippen molar-refractivity contribution in [3.63, 3.8) is 0 Å². The van der Waals surface area contributed by atoms with Crippen LogP contribution in [0.4, 0.5) is 0 Å². The number of hydrogen-bond acceptors (Lipinski definition) is 3. The van der Waals surface area contributed by atoms with E-state index >= 15 is 0 Å². The summed E-state index contributed by atoms with van der Waals surface area (Å²) in [6.07, 6.45) is 7.49. The largest absolute Gasteiger partial charge is 0.396 e. The van der Waals surface area contributed by atoms with E-state index in [0.717, 1.165) is 25.3 Å². The van der Waals surface area contributed by atoms with Crippen molar-refractivity contribution in [3.05, 3.63) is 0 Å². The average Bonchev–Trinajstić information content (AvgIpc) is 3.08. The molecule has 160 valence electrons. The van der Waals surface area contributed by atoms with Crippen LogP contribution in [0.15, 0.2) is 4.99 Å². The SMILES string of the molecule is CCNC(=NCC(CCO)CC(C)C)NCCNC(=O)CC1CCCC1.I. The molecular formula is C20H41IN4O2. The number of hydrogen-bond donors (Lipinski definition) is 4. The van der Waals surface area contributed by atoms with Crippen molar-refractivity contribution in [3.8, 4) is 0 Å². The van der Waals surface area contributed by atoms with Crippen LogP contribution in [0.25, 0.3) is 0 Å². The molecule has 0 aromatic heterocycles. The summed E-state index contributed by atoms with van der Waals surface area (Å²) in [6, 6.07) is 0. The zero-order chi connectivity index (χ0) is 19.2. The molecule has 27 heavy (non-hydrogen) atoms. The van der Waals surface area contributed by atoms with Gasteiger partial charge in [0.25, 0.3) is 0 Å². The van der Waals surface area contributed by atoms with E-state index in [1.165, 1.54) is 25.7 Å². The minimum atomic E-state index is 0. The Labute approximate surface area is 182 Å². The molecule has 1 saturated carbocycles. The summed E-state index contributed by atoms with van der Waals surface area (Å²) < 4.78 is 0. The molecule has 0 spiro atoms. The minimum Gasteiger partial charge on any atom is -0.396 e. The molecule has 1 rings (SSSR count). The second-order valence-corrected chi connectivity index (χ2v) is 7.86. The average molecular weight is 496 g/mol. The Kier molecular flexibility index (Phi) is 16.0. The van der Waals surface area contributed by atoms with Gasteiger partial charge in [0.15, 0.2) is 5.96 Å². The molecule has 4 N–H and O–H groups in total. The number of aliphatic hydroxyl groups excluding tert-OH is 1. The van der Waals surface area contributed by atoms with Crippen LogP contribution >= 0.6 is 24.0 Å². The Morgan fingerprint density at radius 3 is 2.41 bits per heavy atom. The Hall–Kier alpha value is -0.570. The molecular weight excluding hydrogens is 455 g/mol. The zero-order valence-electron chi connectivity index (χ0n) is 17.4. The van der Waals surface area contributed by atoms with Gasteiger partial charge in [-0.1, -0.05) is 26.7 Å². The summed E-state index contributed by atoms with van der Waals surface area (Å²) in [5.74, 6) is 2.55. The number of amides is 1. The molecule has 1 fully saturated rings. The quantitative estimate of drug-likeness (QED) is 0.145. The molecule has 0 saturated heterocycles. The first-order chi connectivity index (χ1) is 12.5. The molecule has 1 unspecified atom stereocenters. The van der Waals surface area contributed by atoms with Crippen LogP contribution in [0.1, 0.15) is 65.7 Å². The minimum absolute atomic E-state index is 0. The zero-order valence-corrected chi connectivity index (χ0v) is 19.8. The highest BCUT2D eigenvalue weighted by Gasteiger charge is 2.18. The third kappa shape index (κ3) is 13.3. The van der Waals surface area contributed by atoms with Gasteiger partial charge in [-0.15, -0.1) is 24.0 Å². The Bertz CT molecular complexity index is 413. The standard InChI is InChI=1S/C20H40N4O2.HI/c1-4-21-20(24-15-18(9-12-25)13-16(2)3)23-11-10-22-19(26)14-17-7-5-6-8-17;/h16-18,25H,4-15H2,1-3H3,(H,22,26)(H2,21,23,24);1H. The lowest BCUT2D eigenvalue weighted by molar-refractivity contribution is -0.121. The van der Waals surface area contributed by atoms with Crippen LogP contribution in [0, 0.1) is 17.8 Å². The van der Waals surface area contributed by atoms with Crippen LogP contribution in [-0.2, 0) is 4.79 Å². The van der Waals surface area contributed by atoms with E-state index in [1.807, 2.05) is 6.92 Å². The van der Waals surface area contributed by atoms with E-state index in [-0.39, 0.29) is 36.5 Å². The van der Waals surface area contributed by atoms with Gasteiger partial charge in [0, 0.05) is 39.2 Å². The van der Waals surface area contributed by atoms with E-state index in [4.69, 9.17) is 0 Å². The predicted molar refractivity (Wildman–Crippen MR) is 124 cm³/mol. The highest BCUT2D eigenvalue weighted by Crippen LogP contribution is 2.27. The first-order valence-electron chi connectivity index (χ1n) is 10.4. The van der Waals surface area contributed by atoms with Gasteiger partial charge in [-0.2, -0.15) is 0 Å². The Morgan fingerprint density at radius 1 is 1.15 bits per heavy atom. The molecule has 1 amide bonds. The number of guanidine groups is 1. The fourth-order valence-corrected chi connectivity index (χ4v) is 3.63. The lowest BCUT2D eigenvalue weighted by Crippen LogP contribution is -2.42. The van der Waals surface area contributed by atoms with Crippen LogP contribution in [0.2, 0.25) is 0 Å². The molecule has 7 heteroatoms. The third-order valence-corrected chi connectivity index (χ3v) is 4.88. The summed E-state index contributed by atoms with van der Waals surface area (Å²) in [7, 11) is 0. The molecule has 0 aromatic rings. The Morgan fingerprint density at radius 2 is 1.81 bits per heavy atom. The molecule has 0 aromatic carbocycles. The van der Waals surface area contributed by atoms with Gasteiger partial charge in [-0.25, -0.2) is 0 Å². The normalized spacial score (nSPS) is 16.1. The predicted octanol–water partition coefficient (Wildman–Crippen LogP) is 2.90.